The van der Waals surface area contributed by atoms with Gasteiger partial charge in [0, 0.05) is 42.6 Å². The molecule has 0 saturated carbocycles. The number of amides is 1. The highest BCUT2D eigenvalue weighted by Gasteiger charge is 2.49. The summed E-state index contributed by atoms with van der Waals surface area (Å²) >= 11 is 0. The van der Waals surface area contributed by atoms with Gasteiger partial charge in [-0.1, -0.05) is 0 Å². The molecule has 3 aliphatic heterocycles. The van der Waals surface area contributed by atoms with Gasteiger partial charge in [0.15, 0.2) is 5.65 Å². The van der Waals surface area contributed by atoms with E-state index in [4.69, 9.17) is 4.74 Å². The normalized spacial score (nSPS) is 21.7. The Hall–Kier alpha value is -4.12. The summed E-state index contributed by atoms with van der Waals surface area (Å²) in [7, 11) is 0. The number of nitrogens with zero attached hydrogens (tertiary/aromatic N) is 5. The van der Waals surface area contributed by atoms with E-state index in [9.17, 15) is 18.0 Å². The van der Waals surface area contributed by atoms with Gasteiger partial charge in [0.05, 0.1) is 37.4 Å². The lowest BCUT2D eigenvalue weighted by molar-refractivity contribution is -0.127. The number of halogens is 3. The third-order valence-corrected chi connectivity index (χ3v) is 7.82. The number of carbonyl (C=O) groups excluding carboxylic acids is 1. The first-order valence-electron chi connectivity index (χ1n) is 12.8. The van der Waals surface area contributed by atoms with E-state index in [0.717, 1.165) is 50.2 Å². The molecule has 3 saturated heterocycles. The van der Waals surface area contributed by atoms with Gasteiger partial charge in [-0.3, -0.25) is 4.79 Å². The van der Waals surface area contributed by atoms with Crippen LogP contribution in [0.2, 0.25) is 0 Å². The van der Waals surface area contributed by atoms with Crippen LogP contribution in [0.1, 0.15) is 28.4 Å². The maximum absolute atomic E-state index is 14.6. The quantitative estimate of drug-likeness (QED) is 0.410. The summed E-state index contributed by atoms with van der Waals surface area (Å²) in [6, 6.07) is 11.7. The van der Waals surface area contributed by atoms with Gasteiger partial charge in [-0.15, -0.1) is 0 Å². The standard InChI is InChI=1S/C28H25F3N6O2/c29-17-1-6-23(31)21(9-17)24-10-18(30)12-36(24)25-7-8-37-26(34-25)22(11-32-37)27(38)33-19-2-4-20(5-3-19)35-13-28(14-35)15-39-16-28/h1-9,11,18,24H,10,12-16H2,(H,33,38)/t18-,24+/m0/s1. The Labute approximate surface area is 222 Å². The monoisotopic (exact) mass is 534 g/mol. The number of benzene rings is 2. The number of carbonyl (C=O) groups is 1. The average Bonchev–Trinajstić information content (AvgIpc) is 3.48. The van der Waals surface area contributed by atoms with Crippen molar-refractivity contribution in [1.29, 1.82) is 0 Å². The Morgan fingerprint density at radius 2 is 1.87 bits per heavy atom. The van der Waals surface area contributed by atoms with Gasteiger partial charge in [0.1, 0.15) is 29.2 Å². The van der Waals surface area contributed by atoms with Crippen molar-refractivity contribution in [3.63, 3.8) is 0 Å². The molecule has 5 heterocycles. The van der Waals surface area contributed by atoms with Gasteiger partial charge in [-0.25, -0.2) is 22.7 Å². The summed E-state index contributed by atoms with van der Waals surface area (Å²) in [6.45, 7) is 3.56. The first kappa shape index (κ1) is 24.0. The highest BCUT2D eigenvalue weighted by molar-refractivity contribution is 6.08. The third kappa shape index (κ3) is 4.17. The summed E-state index contributed by atoms with van der Waals surface area (Å²) < 4.78 is 49.7. The highest BCUT2D eigenvalue weighted by atomic mass is 19.1. The predicted octanol–water partition coefficient (Wildman–Crippen LogP) is 4.39. The first-order valence-corrected chi connectivity index (χ1v) is 12.8. The summed E-state index contributed by atoms with van der Waals surface area (Å²) in [6.07, 6.45) is 1.79. The molecule has 8 nitrogen and oxygen atoms in total. The summed E-state index contributed by atoms with van der Waals surface area (Å²) in [5.74, 6) is -1.25. The van der Waals surface area contributed by atoms with Gasteiger partial charge in [0.25, 0.3) is 5.91 Å². The Morgan fingerprint density at radius 3 is 2.62 bits per heavy atom. The Balaban J connectivity index is 1.11. The van der Waals surface area contributed by atoms with Crippen molar-refractivity contribution in [2.75, 3.05) is 48.0 Å². The van der Waals surface area contributed by atoms with E-state index < -0.39 is 29.8 Å². The van der Waals surface area contributed by atoms with E-state index in [-0.39, 0.29) is 29.7 Å². The zero-order valence-corrected chi connectivity index (χ0v) is 20.9. The largest absolute Gasteiger partial charge is 0.380 e. The van der Waals surface area contributed by atoms with E-state index >= 15 is 0 Å². The van der Waals surface area contributed by atoms with E-state index in [1.807, 2.05) is 24.3 Å². The van der Waals surface area contributed by atoms with Crippen LogP contribution in [-0.2, 0) is 4.74 Å². The van der Waals surface area contributed by atoms with Gasteiger partial charge in [-0.05, 0) is 48.5 Å². The van der Waals surface area contributed by atoms with E-state index in [1.54, 1.807) is 17.2 Å². The van der Waals surface area contributed by atoms with Crippen LogP contribution >= 0.6 is 0 Å². The van der Waals surface area contributed by atoms with Crippen molar-refractivity contribution >= 4 is 28.7 Å². The van der Waals surface area contributed by atoms with E-state index in [0.29, 0.717) is 16.9 Å². The molecular formula is C28H25F3N6O2. The van der Waals surface area contributed by atoms with Crippen molar-refractivity contribution in [3.8, 4) is 0 Å². The topological polar surface area (TPSA) is 75.0 Å². The molecule has 200 valence electrons. The molecular weight excluding hydrogens is 509 g/mol. The molecule has 1 spiro atoms. The first-order chi connectivity index (χ1) is 18.9. The minimum Gasteiger partial charge on any atom is -0.380 e. The molecule has 0 bridgehead atoms. The predicted molar refractivity (Wildman–Crippen MR) is 139 cm³/mol. The Kier molecular flexibility index (Phi) is 5.51. The molecule has 0 aliphatic carbocycles. The maximum Gasteiger partial charge on any atom is 0.261 e. The van der Waals surface area contributed by atoms with Gasteiger partial charge < -0.3 is 19.9 Å². The molecule has 0 radical (unpaired) electrons. The number of rotatable bonds is 5. The van der Waals surface area contributed by atoms with E-state index in [2.05, 4.69) is 20.3 Å². The second-order valence-corrected chi connectivity index (χ2v) is 10.6. The number of hydrogen-bond donors (Lipinski definition) is 1. The lowest BCUT2D eigenvalue weighted by Crippen LogP contribution is -2.66. The molecule has 3 fully saturated rings. The highest BCUT2D eigenvalue weighted by Crippen LogP contribution is 2.40. The Morgan fingerprint density at radius 1 is 1.08 bits per heavy atom. The fourth-order valence-electron chi connectivity index (χ4n) is 5.76. The molecule has 2 aromatic carbocycles. The fraction of sp³-hybridized carbons (Fsp3) is 0.321. The summed E-state index contributed by atoms with van der Waals surface area (Å²) in [5.41, 5.74) is 2.61. The average molecular weight is 535 g/mol. The minimum atomic E-state index is -1.24. The smallest absolute Gasteiger partial charge is 0.261 e. The zero-order valence-electron chi connectivity index (χ0n) is 20.9. The van der Waals surface area contributed by atoms with Crippen LogP contribution in [0, 0.1) is 17.0 Å². The number of fused-ring (bicyclic) bond motifs is 1. The summed E-state index contributed by atoms with van der Waals surface area (Å²) in [5, 5.41) is 7.11. The number of ether oxygens (including phenoxy) is 1. The van der Waals surface area contributed by atoms with Crippen LogP contribution in [0.15, 0.2) is 60.9 Å². The molecule has 39 heavy (non-hydrogen) atoms. The van der Waals surface area contributed by atoms with Crippen molar-refractivity contribution in [2.24, 2.45) is 5.41 Å². The van der Waals surface area contributed by atoms with Crippen molar-refractivity contribution in [3.05, 3.63) is 83.7 Å². The van der Waals surface area contributed by atoms with Gasteiger partial charge in [-0.2, -0.15) is 5.10 Å². The van der Waals surface area contributed by atoms with Crippen molar-refractivity contribution < 1.29 is 22.7 Å². The van der Waals surface area contributed by atoms with Gasteiger partial charge in [0.2, 0.25) is 0 Å². The molecule has 3 aliphatic rings. The number of hydrogen-bond acceptors (Lipinski definition) is 6. The molecule has 1 amide bonds. The molecule has 11 heteroatoms. The third-order valence-electron chi connectivity index (χ3n) is 7.82. The van der Waals surface area contributed by atoms with E-state index in [1.165, 1.54) is 10.7 Å². The molecule has 7 rings (SSSR count). The lowest BCUT2D eigenvalue weighted by Gasteiger charge is -2.56. The maximum atomic E-state index is 14.6. The SMILES string of the molecule is O=C(Nc1ccc(N2CC3(COC3)C2)cc1)c1cnn2ccc(N3C[C@@H](F)C[C@@H]3c3cc(F)ccc3F)nc12. The summed E-state index contributed by atoms with van der Waals surface area (Å²) in [4.78, 5) is 21.6. The molecule has 4 aromatic rings. The van der Waals surface area contributed by atoms with Crippen LogP contribution < -0.4 is 15.1 Å². The number of anilines is 3. The number of aromatic nitrogens is 3. The van der Waals surface area contributed by atoms with Crippen LogP contribution in [-0.4, -0.2) is 59.5 Å². The van der Waals surface area contributed by atoms with Crippen LogP contribution in [0.4, 0.5) is 30.4 Å². The van der Waals surface area contributed by atoms with Crippen LogP contribution in [0.25, 0.3) is 5.65 Å². The van der Waals surface area contributed by atoms with Crippen molar-refractivity contribution in [2.45, 2.75) is 18.6 Å². The van der Waals surface area contributed by atoms with Gasteiger partial charge >= 0.3 is 0 Å². The van der Waals surface area contributed by atoms with Crippen molar-refractivity contribution in [1.82, 2.24) is 14.6 Å². The number of alkyl halides is 1. The second-order valence-electron chi connectivity index (χ2n) is 10.6. The molecule has 1 N–H and O–H groups in total. The fourth-order valence-corrected chi connectivity index (χ4v) is 5.76. The molecule has 0 unspecified atom stereocenters. The minimum absolute atomic E-state index is 0.00201. The Bertz CT molecular complexity index is 1560. The lowest BCUT2D eigenvalue weighted by atomic mass is 9.78. The number of nitrogens with one attached hydrogen (secondary N) is 1. The zero-order chi connectivity index (χ0) is 26.7. The second kappa shape index (κ2) is 8.98. The molecule has 2 aromatic heterocycles. The molecule has 2 atom stereocenters. The van der Waals surface area contributed by atoms with Crippen LogP contribution in [0.5, 0.6) is 0 Å². The van der Waals surface area contributed by atoms with Crippen LogP contribution in [0.3, 0.4) is 0 Å².